The van der Waals surface area contributed by atoms with Crippen LogP contribution in [0.15, 0.2) is 17.5 Å². The molecule has 1 aromatic heterocycles. The predicted octanol–water partition coefficient (Wildman–Crippen LogP) is -0.386. The Morgan fingerprint density at radius 3 is 2.93 bits per heavy atom. The Labute approximate surface area is 84.9 Å². The maximum atomic E-state index is 11.5. The Balaban J connectivity index is 2.00. The number of rotatable bonds is 2. The maximum Gasteiger partial charge on any atom is 0.271 e. The van der Waals surface area contributed by atoms with Gasteiger partial charge in [-0.05, 0) is 0 Å². The highest BCUT2D eigenvalue weighted by atomic mass is 16.2. The molecule has 0 aliphatic carbocycles. The minimum absolute atomic E-state index is 0.171. The summed E-state index contributed by atoms with van der Waals surface area (Å²) < 4.78 is 0. The van der Waals surface area contributed by atoms with E-state index in [2.05, 4.69) is 26.0 Å². The highest BCUT2D eigenvalue weighted by Crippen LogP contribution is 2.05. The molecule has 0 saturated carbocycles. The van der Waals surface area contributed by atoms with Gasteiger partial charge < -0.3 is 5.32 Å². The minimum atomic E-state index is -0.323. The molecule has 1 aliphatic rings. The number of aromatic amines is 1. The lowest BCUT2D eigenvalue weighted by atomic mass is 10.1. The summed E-state index contributed by atoms with van der Waals surface area (Å²) in [6.45, 7) is 0. The first kappa shape index (κ1) is 9.38. The van der Waals surface area contributed by atoms with Gasteiger partial charge in [-0.1, -0.05) is 0 Å². The second kappa shape index (κ2) is 3.91. The van der Waals surface area contributed by atoms with Crippen molar-refractivity contribution in [3.63, 3.8) is 0 Å². The lowest BCUT2D eigenvalue weighted by Crippen LogP contribution is -2.32. The zero-order valence-corrected chi connectivity index (χ0v) is 7.78. The zero-order chi connectivity index (χ0) is 10.7. The molecule has 0 bridgehead atoms. The molecular weight excluding hydrogens is 198 g/mol. The van der Waals surface area contributed by atoms with E-state index in [0.29, 0.717) is 17.8 Å². The number of carbonyl (C=O) groups is 2. The SMILES string of the molecule is O=C1CCC(C(=O)Nc2cn[nH]c2)=NN1. The van der Waals surface area contributed by atoms with Crippen molar-refractivity contribution in [2.75, 3.05) is 5.32 Å². The fourth-order valence-corrected chi connectivity index (χ4v) is 1.16. The van der Waals surface area contributed by atoms with Crippen molar-refractivity contribution < 1.29 is 9.59 Å². The summed E-state index contributed by atoms with van der Waals surface area (Å²) in [6, 6.07) is 0. The summed E-state index contributed by atoms with van der Waals surface area (Å²) in [7, 11) is 0. The summed E-state index contributed by atoms with van der Waals surface area (Å²) in [4.78, 5) is 22.3. The number of hydrogen-bond donors (Lipinski definition) is 3. The average Bonchev–Trinajstić information content (AvgIpc) is 2.71. The van der Waals surface area contributed by atoms with E-state index in [9.17, 15) is 9.59 Å². The molecule has 3 N–H and O–H groups in total. The number of hydrazone groups is 1. The van der Waals surface area contributed by atoms with Gasteiger partial charge >= 0.3 is 0 Å². The second-order valence-corrected chi connectivity index (χ2v) is 3.03. The Kier molecular flexibility index (Phi) is 2.44. The highest BCUT2D eigenvalue weighted by Gasteiger charge is 2.18. The molecule has 1 aromatic rings. The fourth-order valence-electron chi connectivity index (χ4n) is 1.16. The molecule has 0 unspecified atom stereocenters. The molecule has 78 valence electrons. The molecule has 1 aliphatic heterocycles. The Hall–Kier alpha value is -2.18. The van der Waals surface area contributed by atoms with Crippen molar-refractivity contribution in [2.45, 2.75) is 12.8 Å². The maximum absolute atomic E-state index is 11.5. The van der Waals surface area contributed by atoms with Gasteiger partial charge in [0.1, 0.15) is 5.71 Å². The molecule has 0 spiro atoms. The van der Waals surface area contributed by atoms with Gasteiger partial charge in [-0.3, -0.25) is 14.7 Å². The summed E-state index contributed by atoms with van der Waals surface area (Å²) in [5.74, 6) is -0.494. The molecule has 0 aromatic carbocycles. The van der Waals surface area contributed by atoms with Crippen LogP contribution in [-0.2, 0) is 9.59 Å². The molecule has 0 radical (unpaired) electrons. The third-order valence-corrected chi connectivity index (χ3v) is 1.92. The van der Waals surface area contributed by atoms with Crippen LogP contribution in [0.3, 0.4) is 0 Å². The zero-order valence-electron chi connectivity index (χ0n) is 7.78. The number of hydrogen-bond acceptors (Lipinski definition) is 4. The lowest BCUT2D eigenvalue weighted by Gasteiger charge is -2.10. The number of carbonyl (C=O) groups excluding carboxylic acids is 2. The van der Waals surface area contributed by atoms with Crippen LogP contribution in [0.5, 0.6) is 0 Å². The van der Waals surface area contributed by atoms with Gasteiger partial charge in [0, 0.05) is 19.0 Å². The van der Waals surface area contributed by atoms with Crippen LogP contribution in [-0.4, -0.2) is 27.7 Å². The van der Waals surface area contributed by atoms with Gasteiger partial charge in [0.25, 0.3) is 5.91 Å². The van der Waals surface area contributed by atoms with Gasteiger partial charge in [0.15, 0.2) is 0 Å². The number of anilines is 1. The second-order valence-electron chi connectivity index (χ2n) is 3.03. The fraction of sp³-hybridized carbons (Fsp3) is 0.250. The van der Waals surface area contributed by atoms with E-state index in [1.54, 1.807) is 6.20 Å². The quantitative estimate of drug-likeness (QED) is 0.616. The Morgan fingerprint density at radius 2 is 2.33 bits per heavy atom. The van der Waals surface area contributed by atoms with Crippen LogP contribution >= 0.6 is 0 Å². The normalized spacial score (nSPS) is 15.5. The molecule has 2 heterocycles. The van der Waals surface area contributed by atoms with E-state index in [-0.39, 0.29) is 18.2 Å². The van der Waals surface area contributed by atoms with Crippen molar-refractivity contribution in [1.82, 2.24) is 15.6 Å². The third kappa shape index (κ3) is 2.19. The van der Waals surface area contributed by atoms with Crippen LogP contribution in [0.2, 0.25) is 0 Å². The van der Waals surface area contributed by atoms with Crippen LogP contribution < -0.4 is 10.7 Å². The van der Waals surface area contributed by atoms with Crippen LogP contribution in [0.4, 0.5) is 5.69 Å². The van der Waals surface area contributed by atoms with Crippen molar-refractivity contribution in [2.24, 2.45) is 5.10 Å². The Bertz CT molecular complexity index is 409. The Morgan fingerprint density at radius 1 is 1.47 bits per heavy atom. The van der Waals surface area contributed by atoms with Crippen LogP contribution in [0.25, 0.3) is 0 Å². The van der Waals surface area contributed by atoms with Gasteiger partial charge in [0.2, 0.25) is 5.91 Å². The van der Waals surface area contributed by atoms with Crippen molar-refractivity contribution >= 4 is 23.2 Å². The number of nitrogens with one attached hydrogen (secondary N) is 3. The molecule has 7 nitrogen and oxygen atoms in total. The van der Waals surface area contributed by atoms with Gasteiger partial charge in [0.05, 0.1) is 11.9 Å². The number of H-pyrrole nitrogens is 1. The van der Waals surface area contributed by atoms with E-state index in [1.165, 1.54) is 6.20 Å². The summed E-state index contributed by atoms with van der Waals surface area (Å²) in [5, 5.41) is 12.5. The predicted molar refractivity (Wildman–Crippen MR) is 52.0 cm³/mol. The van der Waals surface area contributed by atoms with Gasteiger partial charge in [-0.2, -0.15) is 10.2 Å². The van der Waals surface area contributed by atoms with Crippen molar-refractivity contribution in [3.8, 4) is 0 Å². The lowest BCUT2D eigenvalue weighted by molar-refractivity contribution is -0.121. The largest absolute Gasteiger partial charge is 0.318 e. The number of amides is 2. The first-order valence-electron chi connectivity index (χ1n) is 4.41. The molecular formula is C8H9N5O2. The van der Waals surface area contributed by atoms with Crippen LogP contribution in [0, 0.1) is 0 Å². The van der Waals surface area contributed by atoms with Crippen LogP contribution in [0.1, 0.15) is 12.8 Å². The number of nitrogens with zero attached hydrogens (tertiary/aromatic N) is 2. The molecule has 0 fully saturated rings. The summed E-state index contributed by atoms with van der Waals surface area (Å²) in [5.41, 5.74) is 3.14. The van der Waals surface area contributed by atoms with E-state index in [0.717, 1.165) is 0 Å². The summed E-state index contributed by atoms with van der Waals surface area (Å²) >= 11 is 0. The molecule has 2 amide bonds. The molecule has 0 saturated heterocycles. The number of aromatic nitrogens is 2. The monoisotopic (exact) mass is 207 g/mol. The van der Waals surface area contributed by atoms with Gasteiger partial charge in [-0.25, -0.2) is 5.43 Å². The first-order chi connectivity index (χ1) is 7.25. The molecule has 0 atom stereocenters. The van der Waals surface area contributed by atoms with E-state index in [1.807, 2.05) is 0 Å². The average molecular weight is 207 g/mol. The van der Waals surface area contributed by atoms with E-state index < -0.39 is 0 Å². The minimum Gasteiger partial charge on any atom is -0.318 e. The molecule has 2 rings (SSSR count). The van der Waals surface area contributed by atoms with E-state index in [4.69, 9.17) is 0 Å². The topological polar surface area (TPSA) is 99.2 Å². The first-order valence-corrected chi connectivity index (χ1v) is 4.41. The highest BCUT2D eigenvalue weighted by molar-refractivity contribution is 6.43. The summed E-state index contributed by atoms with van der Waals surface area (Å²) in [6.07, 6.45) is 3.69. The molecule has 7 heteroatoms. The molecule has 15 heavy (non-hydrogen) atoms. The van der Waals surface area contributed by atoms with Crippen molar-refractivity contribution in [3.05, 3.63) is 12.4 Å². The van der Waals surface area contributed by atoms with Gasteiger partial charge in [-0.15, -0.1) is 0 Å². The standard InChI is InChI=1S/C8H9N5O2/c14-7-2-1-6(12-13-7)8(15)11-5-3-9-10-4-5/h3-4H,1-2H2,(H,9,10)(H,11,15)(H,13,14). The van der Waals surface area contributed by atoms with E-state index >= 15 is 0 Å². The third-order valence-electron chi connectivity index (χ3n) is 1.92. The smallest absolute Gasteiger partial charge is 0.271 e. The van der Waals surface area contributed by atoms with Crippen molar-refractivity contribution in [1.29, 1.82) is 0 Å².